The third kappa shape index (κ3) is 2.26. The van der Waals surface area contributed by atoms with Crippen molar-refractivity contribution < 1.29 is 18.6 Å². The molecule has 3 N–H and O–H groups in total. The first kappa shape index (κ1) is 14.4. The van der Waals surface area contributed by atoms with E-state index in [1.807, 2.05) is 0 Å². The van der Waals surface area contributed by atoms with Crippen LogP contribution in [0.3, 0.4) is 0 Å². The highest BCUT2D eigenvalue weighted by molar-refractivity contribution is 5.28. The minimum absolute atomic E-state index is 0.0662. The molecule has 1 heterocycles. The third-order valence-electron chi connectivity index (χ3n) is 4.22. The number of hydrogen-bond donors (Lipinski definition) is 2. The minimum Gasteiger partial charge on any atom is -0.385 e. The van der Waals surface area contributed by atoms with Gasteiger partial charge in [-0.25, -0.2) is 8.78 Å². The number of ether oxygens (including phenoxy) is 1. The molecule has 1 aromatic rings. The van der Waals surface area contributed by atoms with Crippen molar-refractivity contribution >= 4 is 0 Å². The average molecular weight is 271 g/mol. The monoisotopic (exact) mass is 271 g/mol. The maximum absolute atomic E-state index is 13.9. The van der Waals surface area contributed by atoms with Crippen molar-refractivity contribution in [3.63, 3.8) is 0 Å². The number of rotatable bonds is 3. The summed E-state index contributed by atoms with van der Waals surface area (Å²) in [6.45, 7) is 2.47. The van der Waals surface area contributed by atoms with Crippen LogP contribution in [0.1, 0.15) is 25.3 Å². The Morgan fingerprint density at radius 2 is 2.21 bits per heavy atom. The molecule has 1 aromatic carbocycles. The first-order chi connectivity index (χ1) is 8.94. The quantitative estimate of drug-likeness (QED) is 0.883. The molecule has 5 heteroatoms. The van der Waals surface area contributed by atoms with Crippen LogP contribution in [0.2, 0.25) is 0 Å². The van der Waals surface area contributed by atoms with Crippen molar-refractivity contribution in [2.24, 2.45) is 11.1 Å². The third-order valence-corrected chi connectivity index (χ3v) is 4.22. The summed E-state index contributed by atoms with van der Waals surface area (Å²) in [6.07, 6.45) is 1.36. The van der Waals surface area contributed by atoms with Crippen molar-refractivity contribution in [1.29, 1.82) is 0 Å². The molecule has 0 amide bonds. The number of benzene rings is 1. The Balaban J connectivity index is 2.47. The maximum atomic E-state index is 13.9. The van der Waals surface area contributed by atoms with Crippen molar-refractivity contribution in [3.05, 3.63) is 35.4 Å². The van der Waals surface area contributed by atoms with Crippen molar-refractivity contribution in [3.8, 4) is 0 Å². The molecule has 1 aliphatic rings. The fourth-order valence-corrected chi connectivity index (χ4v) is 2.76. The van der Waals surface area contributed by atoms with Gasteiger partial charge in [-0.05, 0) is 25.8 Å². The Bertz CT molecular complexity index is 457. The van der Waals surface area contributed by atoms with Crippen LogP contribution >= 0.6 is 0 Å². The zero-order valence-corrected chi connectivity index (χ0v) is 11.0. The molecule has 19 heavy (non-hydrogen) atoms. The van der Waals surface area contributed by atoms with E-state index in [9.17, 15) is 13.9 Å². The fraction of sp³-hybridized carbons (Fsp3) is 0.571. The molecule has 1 aliphatic heterocycles. The van der Waals surface area contributed by atoms with Crippen molar-refractivity contribution in [2.75, 3.05) is 19.8 Å². The van der Waals surface area contributed by atoms with Crippen LogP contribution in [0.25, 0.3) is 0 Å². The van der Waals surface area contributed by atoms with E-state index in [4.69, 9.17) is 10.5 Å². The van der Waals surface area contributed by atoms with Crippen LogP contribution in [0.15, 0.2) is 18.2 Å². The number of hydrogen-bond acceptors (Lipinski definition) is 3. The molecule has 0 aromatic heterocycles. The number of aliphatic hydroxyl groups is 1. The van der Waals surface area contributed by atoms with Gasteiger partial charge in [-0.1, -0.05) is 12.1 Å². The van der Waals surface area contributed by atoms with E-state index in [-0.39, 0.29) is 18.7 Å². The SMILES string of the molecule is CC(O)(c1cccc(F)c1F)C1(CN)CCCOC1. The molecule has 2 atom stereocenters. The zero-order chi connectivity index (χ0) is 14.1. The van der Waals surface area contributed by atoms with E-state index in [1.54, 1.807) is 0 Å². The van der Waals surface area contributed by atoms with Crippen LogP contribution in [0, 0.1) is 17.0 Å². The van der Waals surface area contributed by atoms with E-state index < -0.39 is 22.7 Å². The first-order valence-electron chi connectivity index (χ1n) is 6.39. The van der Waals surface area contributed by atoms with E-state index in [0.29, 0.717) is 13.0 Å². The van der Waals surface area contributed by atoms with Gasteiger partial charge in [-0.3, -0.25) is 0 Å². The summed E-state index contributed by atoms with van der Waals surface area (Å²) in [5, 5.41) is 10.8. The summed E-state index contributed by atoms with van der Waals surface area (Å²) in [5.74, 6) is -1.99. The van der Waals surface area contributed by atoms with Gasteiger partial charge in [0.1, 0.15) is 0 Å². The number of halogens is 2. The smallest absolute Gasteiger partial charge is 0.164 e. The van der Waals surface area contributed by atoms with Crippen LogP contribution in [0.4, 0.5) is 8.78 Å². The molecule has 3 nitrogen and oxygen atoms in total. The Morgan fingerprint density at radius 1 is 1.47 bits per heavy atom. The standard InChI is InChI=1S/C14H19F2NO2/c1-13(18,10-4-2-5-11(15)12(10)16)14(8-17)6-3-7-19-9-14/h2,4-5,18H,3,6-9,17H2,1H3. The van der Waals surface area contributed by atoms with Crippen molar-refractivity contribution in [2.45, 2.75) is 25.4 Å². The molecule has 2 rings (SSSR count). The summed E-state index contributed by atoms with van der Waals surface area (Å²) in [4.78, 5) is 0. The summed E-state index contributed by atoms with van der Waals surface area (Å²) in [6, 6.07) is 3.81. The summed E-state index contributed by atoms with van der Waals surface area (Å²) < 4.78 is 32.7. The summed E-state index contributed by atoms with van der Waals surface area (Å²) in [5.41, 5.74) is 3.36. The predicted octanol–water partition coefficient (Wildman–Crippen LogP) is 1.93. The highest BCUT2D eigenvalue weighted by Crippen LogP contribution is 2.45. The largest absolute Gasteiger partial charge is 0.385 e. The Morgan fingerprint density at radius 3 is 2.79 bits per heavy atom. The van der Waals surface area contributed by atoms with Gasteiger partial charge in [0.15, 0.2) is 11.6 Å². The lowest BCUT2D eigenvalue weighted by atomic mass is 9.66. The second kappa shape index (κ2) is 5.15. The van der Waals surface area contributed by atoms with Gasteiger partial charge in [0.2, 0.25) is 0 Å². The van der Waals surface area contributed by atoms with E-state index in [2.05, 4.69) is 0 Å². The lowest BCUT2D eigenvalue weighted by Gasteiger charge is -2.47. The molecule has 0 radical (unpaired) electrons. The molecule has 0 bridgehead atoms. The van der Waals surface area contributed by atoms with Gasteiger partial charge in [0.25, 0.3) is 0 Å². The molecule has 2 unspecified atom stereocenters. The Hall–Kier alpha value is -1.04. The van der Waals surface area contributed by atoms with Gasteiger partial charge in [-0.2, -0.15) is 0 Å². The summed E-state index contributed by atoms with van der Waals surface area (Å²) in [7, 11) is 0. The Kier molecular flexibility index (Phi) is 3.90. The molecular weight excluding hydrogens is 252 g/mol. The van der Waals surface area contributed by atoms with E-state index in [0.717, 1.165) is 12.5 Å². The average Bonchev–Trinajstić information content (AvgIpc) is 2.42. The molecular formula is C14H19F2NO2. The summed E-state index contributed by atoms with van der Waals surface area (Å²) >= 11 is 0. The van der Waals surface area contributed by atoms with E-state index >= 15 is 0 Å². The van der Waals surface area contributed by atoms with Crippen LogP contribution in [0.5, 0.6) is 0 Å². The lowest BCUT2D eigenvalue weighted by Crippen LogP contribution is -2.53. The van der Waals surface area contributed by atoms with Crippen molar-refractivity contribution in [1.82, 2.24) is 0 Å². The lowest BCUT2D eigenvalue weighted by molar-refractivity contribution is -0.140. The van der Waals surface area contributed by atoms with Crippen LogP contribution in [-0.4, -0.2) is 24.9 Å². The molecule has 1 fully saturated rings. The van der Waals surface area contributed by atoms with Gasteiger partial charge in [0, 0.05) is 24.1 Å². The minimum atomic E-state index is -1.58. The zero-order valence-electron chi connectivity index (χ0n) is 11.0. The van der Waals surface area contributed by atoms with Gasteiger partial charge in [-0.15, -0.1) is 0 Å². The van der Waals surface area contributed by atoms with Gasteiger partial charge in [0.05, 0.1) is 12.2 Å². The fourth-order valence-electron chi connectivity index (χ4n) is 2.76. The second-order valence-electron chi connectivity index (χ2n) is 5.31. The Labute approximate surface area is 111 Å². The highest BCUT2D eigenvalue weighted by atomic mass is 19.2. The molecule has 1 saturated heterocycles. The van der Waals surface area contributed by atoms with Crippen LogP contribution in [-0.2, 0) is 10.3 Å². The second-order valence-corrected chi connectivity index (χ2v) is 5.31. The van der Waals surface area contributed by atoms with E-state index in [1.165, 1.54) is 19.1 Å². The predicted molar refractivity (Wildman–Crippen MR) is 67.5 cm³/mol. The highest BCUT2D eigenvalue weighted by Gasteiger charge is 2.49. The first-order valence-corrected chi connectivity index (χ1v) is 6.39. The molecule has 0 aliphatic carbocycles. The topological polar surface area (TPSA) is 55.5 Å². The maximum Gasteiger partial charge on any atom is 0.164 e. The molecule has 0 spiro atoms. The molecule has 106 valence electrons. The van der Waals surface area contributed by atoms with Crippen LogP contribution < -0.4 is 5.73 Å². The van der Waals surface area contributed by atoms with Gasteiger partial charge < -0.3 is 15.6 Å². The number of nitrogens with two attached hydrogens (primary N) is 1. The van der Waals surface area contributed by atoms with Gasteiger partial charge >= 0.3 is 0 Å². The molecule has 0 saturated carbocycles. The normalized spacial score (nSPS) is 27.0.